The molecule has 6 heteroatoms. The van der Waals surface area contributed by atoms with Crippen LogP contribution in [0.3, 0.4) is 0 Å². The number of carbonyl (C=O) groups excluding carboxylic acids is 3. The zero-order valence-electron chi connectivity index (χ0n) is 45.2. The summed E-state index contributed by atoms with van der Waals surface area (Å²) in [6.07, 6.45) is 78.9. The van der Waals surface area contributed by atoms with E-state index >= 15 is 0 Å². The van der Waals surface area contributed by atoms with Gasteiger partial charge in [-0.2, -0.15) is 0 Å². The molecule has 0 aromatic rings. The summed E-state index contributed by atoms with van der Waals surface area (Å²) in [7, 11) is 0. The van der Waals surface area contributed by atoms with Gasteiger partial charge in [-0.1, -0.05) is 219 Å². The molecule has 0 aromatic carbocycles. The maximum Gasteiger partial charge on any atom is 0.306 e. The molecule has 0 aromatic heterocycles. The maximum absolute atomic E-state index is 12.9. The Morgan fingerprint density at radius 3 is 0.886 bits per heavy atom. The van der Waals surface area contributed by atoms with E-state index in [9.17, 15) is 14.4 Å². The van der Waals surface area contributed by atoms with E-state index in [0.29, 0.717) is 19.3 Å². The molecule has 0 aliphatic carbocycles. The summed E-state index contributed by atoms with van der Waals surface area (Å²) >= 11 is 0. The maximum atomic E-state index is 12.9. The quantitative estimate of drug-likeness (QED) is 0.0262. The number of ether oxygens (including phenoxy) is 3. The molecule has 1 unspecified atom stereocenters. The van der Waals surface area contributed by atoms with Gasteiger partial charge in [-0.05, 0) is 128 Å². The summed E-state index contributed by atoms with van der Waals surface area (Å²) in [5, 5.41) is 0. The predicted octanol–water partition coefficient (Wildman–Crippen LogP) is 19.3. The van der Waals surface area contributed by atoms with Gasteiger partial charge in [0.25, 0.3) is 0 Å². The summed E-state index contributed by atoms with van der Waals surface area (Å²) in [6, 6.07) is 0. The van der Waals surface area contributed by atoms with Crippen molar-refractivity contribution in [2.75, 3.05) is 13.2 Å². The van der Waals surface area contributed by atoms with Crippen molar-refractivity contribution in [2.45, 2.75) is 252 Å². The first-order valence-electron chi connectivity index (χ1n) is 28.5. The molecule has 0 heterocycles. The Labute approximate surface area is 431 Å². The van der Waals surface area contributed by atoms with Crippen LogP contribution in [0.2, 0.25) is 0 Å². The third-order valence-electron chi connectivity index (χ3n) is 11.7. The third-order valence-corrected chi connectivity index (χ3v) is 11.7. The molecule has 70 heavy (non-hydrogen) atoms. The van der Waals surface area contributed by atoms with E-state index in [0.717, 1.165) is 148 Å². The van der Waals surface area contributed by atoms with Crippen LogP contribution < -0.4 is 0 Å². The summed E-state index contributed by atoms with van der Waals surface area (Å²) in [5.74, 6) is -0.960. The highest BCUT2D eigenvalue weighted by atomic mass is 16.6. The fourth-order valence-corrected chi connectivity index (χ4v) is 7.45. The lowest BCUT2D eigenvalue weighted by atomic mass is 10.1. The molecule has 1 atom stereocenters. The van der Waals surface area contributed by atoms with Gasteiger partial charge in [-0.15, -0.1) is 0 Å². The lowest BCUT2D eigenvalue weighted by Crippen LogP contribution is -2.30. The van der Waals surface area contributed by atoms with Crippen LogP contribution in [0.1, 0.15) is 245 Å². The fraction of sp³-hybridized carbons (Fsp3) is 0.641. The largest absolute Gasteiger partial charge is 0.462 e. The lowest BCUT2D eigenvalue weighted by molar-refractivity contribution is -0.167. The molecular formula is C64H104O6. The van der Waals surface area contributed by atoms with E-state index in [4.69, 9.17) is 14.2 Å². The molecule has 0 aliphatic rings. The minimum Gasteiger partial charge on any atom is -0.462 e. The number of allylic oxidation sites excluding steroid dienone is 20. The zero-order chi connectivity index (χ0) is 50.7. The van der Waals surface area contributed by atoms with Gasteiger partial charge in [0, 0.05) is 19.3 Å². The van der Waals surface area contributed by atoms with E-state index in [1.807, 2.05) is 0 Å². The van der Waals surface area contributed by atoms with E-state index in [1.165, 1.54) is 57.8 Å². The van der Waals surface area contributed by atoms with E-state index < -0.39 is 6.10 Å². The summed E-state index contributed by atoms with van der Waals surface area (Å²) in [6.45, 7) is 6.35. The van der Waals surface area contributed by atoms with Crippen LogP contribution in [0, 0.1) is 0 Å². The SMILES string of the molecule is CC/C=C\C/C=C\C/C=C\C/C=C\C/C=C\CCCCCC(=O)OCC(COC(=O)CCCCCCC/C=C\C/C=C\CCCCCC)OC(=O)CCCCCCCCC/C=C\C/C=C\C/C=C\CC. The van der Waals surface area contributed by atoms with Crippen LogP contribution >= 0.6 is 0 Å². The number of esters is 3. The zero-order valence-corrected chi connectivity index (χ0v) is 45.2. The minimum atomic E-state index is -0.807. The monoisotopic (exact) mass is 969 g/mol. The molecule has 0 N–H and O–H groups in total. The van der Waals surface area contributed by atoms with E-state index in [-0.39, 0.29) is 31.1 Å². The second-order valence-electron chi connectivity index (χ2n) is 18.4. The number of carbonyl (C=O) groups is 3. The Hall–Kier alpha value is -4.19. The van der Waals surface area contributed by atoms with Crippen molar-refractivity contribution in [1.82, 2.24) is 0 Å². The van der Waals surface area contributed by atoms with Crippen molar-refractivity contribution in [3.8, 4) is 0 Å². The highest BCUT2D eigenvalue weighted by Gasteiger charge is 2.19. The van der Waals surface area contributed by atoms with E-state index in [2.05, 4.69) is 142 Å². The average molecular weight is 970 g/mol. The highest BCUT2D eigenvalue weighted by molar-refractivity contribution is 5.71. The molecular weight excluding hydrogens is 865 g/mol. The summed E-state index contributed by atoms with van der Waals surface area (Å²) in [5.41, 5.74) is 0. The Morgan fingerprint density at radius 2 is 0.557 bits per heavy atom. The van der Waals surface area contributed by atoms with Crippen molar-refractivity contribution in [2.24, 2.45) is 0 Å². The molecule has 6 nitrogen and oxygen atoms in total. The van der Waals surface area contributed by atoms with Crippen molar-refractivity contribution >= 4 is 17.9 Å². The fourth-order valence-electron chi connectivity index (χ4n) is 7.45. The molecule has 0 rings (SSSR count). The van der Waals surface area contributed by atoms with Crippen LogP contribution in [0.15, 0.2) is 122 Å². The number of rotatable bonds is 50. The standard InChI is InChI=1S/C64H104O6/c1-4-7-10-13-16-19-22-25-28-31-32-34-36-39-42-45-48-51-54-57-63(66)69-60-61(59-68-62(65)56-53-50-47-44-41-38-35-30-27-24-21-18-15-12-9-6-3)70-64(67)58-55-52-49-46-43-40-37-33-29-26-23-20-17-14-11-8-5-2/h7-8,10-11,16-17,19-21,24-26,28-30,32,34-35,39,42,61H,4-6,9,12-15,18,22-23,27,31,33,36-38,40-41,43-60H2,1-3H3/b10-7-,11-8-,19-16-,20-17-,24-21-,28-25-,29-26-,34-32-,35-30-,42-39-. The van der Waals surface area contributed by atoms with Gasteiger partial charge in [0.2, 0.25) is 0 Å². The first-order chi connectivity index (χ1) is 34.5. The van der Waals surface area contributed by atoms with E-state index in [1.54, 1.807) is 0 Å². The Morgan fingerprint density at radius 1 is 0.300 bits per heavy atom. The van der Waals surface area contributed by atoms with Crippen molar-refractivity contribution in [1.29, 1.82) is 0 Å². The molecule has 0 saturated heterocycles. The van der Waals surface area contributed by atoms with Gasteiger partial charge >= 0.3 is 17.9 Å². The molecule has 0 bridgehead atoms. The second kappa shape index (κ2) is 57.4. The molecule has 0 amide bonds. The molecule has 0 aliphatic heterocycles. The van der Waals surface area contributed by atoms with Crippen LogP contribution in [0.5, 0.6) is 0 Å². The van der Waals surface area contributed by atoms with Crippen LogP contribution in [-0.2, 0) is 28.6 Å². The van der Waals surface area contributed by atoms with Gasteiger partial charge in [0.05, 0.1) is 0 Å². The Balaban J connectivity index is 4.51. The van der Waals surface area contributed by atoms with Crippen molar-refractivity contribution in [3.05, 3.63) is 122 Å². The molecule has 0 radical (unpaired) electrons. The molecule has 0 saturated carbocycles. The van der Waals surface area contributed by atoms with Gasteiger partial charge in [0.15, 0.2) is 6.10 Å². The van der Waals surface area contributed by atoms with Gasteiger partial charge in [0.1, 0.15) is 13.2 Å². The Kier molecular flexibility index (Phi) is 54.0. The molecule has 396 valence electrons. The average Bonchev–Trinajstić information content (AvgIpc) is 3.36. The lowest BCUT2D eigenvalue weighted by Gasteiger charge is -2.18. The first-order valence-corrected chi connectivity index (χ1v) is 28.5. The molecule has 0 fully saturated rings. The number of unbranched alkanes of at least 4 members (excludes halogenated alkanes) is 19. The molecule has 0 spiro atoms. The summed E-state index contributed by atoms with van der Waals surface area (Å²) < 4.78 is 16.8. The topological polar surface area (TPSA) is 78.9 Å². The third kappa shape index (κ3) is 54.7. The summed E-state index contributed by atoms with van der Waals surface area (Å²) in [4.78, 5) is 38.2. The van der Waals surface area contributed by atoms with Crippen LogP contribution in [0.25, 0.3) is 0 Å². The van der Waals surface area contributed by atoms with Crippen LogP contribution in [-0.4, -0.2) is 37.2 Å². The predicted molar refractivity (Wildman–Crippen MR) is 302 cm³/mol. The number of hydrogen-bond acceptors (Lipinski definition) is 6. The minimum absolute atomic E-state index is 0.103. The number of hydrogen-bond donors (Lipinski definition) is 0. The first kappa shape index (κ1) is 65.8. The van der Waals surface area contributed by atoms with Gasteiger partial charge < -0.3 is 14.2 Å². The van der Waals surface area contributed by atoms with Crippen LogP contribution in [0.4, 0.5) is 0 Å². The van der Waals surface area contributed by atoms with Gasteiger partial charge in [-0.25, -0.2) is 0 Å². The smallest absolute Gasteiger partial charge is 0.306 e. The van der Waals surface area contributed by atoms with Crippen molar-refractivity contribution in [3.63, 3.8) is 0 Å². The highest BCUT2D eigenvalue weighted by Crippen LogP contribution is 2.14. The normalized spacial score (nSPS) is 13.0. The Bertz CT molecular complexity index is 1490. The second-order valence-corrected chi connectivity index (χ2v) is 18.4. The van der Waals surface area contributed by atoms with Gasteiger partial charge in [-0.3, -0.25) is 14.4 Å². The van der Waals surface area contributed by atoms with Crippen molar-refractivity contribution < 1.29 is 28.6 Å².